The molecular weight excluding hydrogens is 210 g/mol. The zero-order chi connectivity index (χ0) is 12.8. The van der Waals surface area contributed by atoms with E-state index in [9.17, 15) is 4.79 Å². The number of carbonyl (C=O) groups is 1. The number of rotatable bonds is 4. The number of allylic oxidation sites excluding steroid dienone is 1. The van der Waals surface area contributed by atoms with Crippen LogP contribution in [0.3, 0.4) is 0 Å². The van der Waals surface area contributed by atoms with Crippen LogP contribution in [-0.4, -0.2) is 5.91 Å². The van der Waals surface area contributed by atoms with Crippen LogP contribution in [0.5, 0.6) is 0 Å². The highest BCUT2D eigenvalue weighted by Crippen LogP contribution is 2.21. The van der Waals surface area contributed by atoms with E-state index in [1.165, 1.54) is 0 Å². The van der Waals surface area contributed by atoms with Crippen LogP contribution in [0.25, 0.3) is 0 Å². The average Bonchev–Trinajstić information content (AvgIpc) is 2.25. The molecule has 1 rings (SSSR count). The van der Waals surface area contributed by atoms with Crippen molar-refractivity contribution in [1.82, 2.24) is 5.32 Å². The molecule has 0 saturated heterocycles. The number of carbonyl (C=O) groups excluding carboxylic acids is 1. The molecule has 1 N–H and O–H groups in total. The van der Waals surface area contributed by atoms with Crippen LogP contribution in [-0.2, 0) is 4.79 Å². The van der Waals surface area contributed by atoms with Gasteiger partial charge in [-0.3, -0.25) is 4.79 Å². The summed E-state index contributed by atoms with van der Waals surface area (Å²) in [5.41, 5.74) is 2.16. The highest BCUT2D eigenvalue weighted by Gasteiger charge is 2.16. The summed E-state index contributed by atoms with van der Waals surface area (Å²) in [4.78, 5) is 11.8. The van der Waals surface area contributed by atoms with Gasteiger partial charge in [0.05, 0.1) is 6.04 Å². The Hall–Kier alpha value is -1.57. The topological polar surface area (TPSA) is 29.1 Å². The predicted octanol–water partition coefficient (Wildman–Crippen LogP) is 3.47. The Kier molecular flexibility index (Phi) is 4.95. The lowest BCUT2D eigenvalue weighted by Gasteiger charge is -2.22. The van der Waals surface area contributed by atoms with E-state index in [1.54, 1.807) is 6.08 Å². The Morgan fingerprint density at radius 3 is 2.24 bits per heavy atom. The van der Waals surface area contributed by atoms with Gasteiger partial charge in [-0.2, -0.15) is 0 Å². The summed E-state index contributed by atoms with van der Waals surface area (Å²) in [5.74, 6) is 0.347. The third kappa shape index (κ3) is 4.43. The van der Waals surface area contributed by atoms with Crippen molar-refractivity contribution in [3.05, 3.63) is 47.5 Å². The maximum Gasteiger partial charge on any atom is 0.244 e. The molecule has 2 nitrogen and oxygen atoms in total. The van der Waals surface area contributed by atoms with Gasteiger partial charge in [0, 0.05) is 6.08 Å². The van der Waals surface area contributed by atoms with Gasteiger partial charge in [0.15, 0.2) is 0 Å². The molecule has 1 aromatic carbocycles. The molecule has 92 valence electrons. The van der Waals surface area contributed by atoms with Gasteiger partial charge in [0.2, 0.25) is 5.91 Å². The van der Waals surface area contributed by atoms with Crippen LogP contribution < -0.4 is 5.32 Å². The van der Waals surface area contributed by atoms with E-state index in [0.717, 1.165) is 11.1 Å². The highest BCUT2D eigenvalue weighted by atomic mass is 16.1. The third-order valence-corrected chi connectivity index (χ3v) is 2.54. The summed E-state index contributed by atoms with van der Waals surface area (Å²) >= 11 is 0. The third-order valence-electron chi connectivity index (χ3n) is 2.54. The fraction of sp³-hybridized carbons (Fsp3) is 0.400. The lowest BCUT2D eigenvalue weighted by Crippen LogP contribution is -2.30. The Balaban J connectivity index is 2.82. The van der Waals surface area contributed by atoms with E-state index in [1.807, 2.05) is 44.2 Å². The molecule has 0 radical (unpaired) electrons. The molecule has 0 aliphatic carbocycles. The largest absolute Gasteiger partial charge is 0.345 e. The summed E-state index contributed by atoms with van der Waals surface area (Å²) in [6.45, 7) is 8.07. The van der Waals surface area contributed by atoms with E-state index in [0.29, 0.717) is 5.92 Å². The monoisotopic (exact) mass is 231 g/mol. The van der Waals surface area contributed by atoms with Crippen molar-refractivity contribution in [2.45, 2.75) is 33.7 Å². The van der Waals surface area contributed by atoms with Crippen LogP contribution in [0.4, 0.5) is 0 Å². The molecule has 0 aliphatic heterocycles. The molecule has 0 saturated carbocycles. The molecule has 2 heteroatoms. The first-order valence-corrected chi connectivity index (χ1v) is 6.01. The van der Waals surface area contributed by atoms with Crippen LogP contribution >= 0.6 is 0 Å². The van der Waals surface area contributed by atoms with Crippen LogP contribution in [0.2, 0.25) is 0 Å². The Bertz CT molecular complexity index is 389. The minimum atomic E-state index is -0.0208. The van der Waals surface area contributed by atoms with Crippen molar-refractivity contribution in [3.8, 4) is 0 Å². The van der Waals surface area contributed by atoms with Crippen molar-refractivity contribution in [1.29, 1.82) is 0 Å². The standard InChI is InChI=1S/C15H21NO/c1-11(2)10-14(17)16-15(12(3)4)13-8-6-5-7-9-13/h5-10,12,15H,1-4H3,(H,16,17). The Morgan fingerprint density at radius 1 is 1.18 bits per heavy atom. The molecule has 1 atom stereocenters. The summed E-state index contributed by atoms with van der Waals surface area (Å²) in [5, 5.41) is 3.05. The van der Waals surface area contributed by atoms with Gasteiger partial charge >= 0.3 is 0 Å². The summed E-state index contributed by atoms with van der Waals surface area (Å²) < 4.78 is 0. The van der Waals surface area contributed by atoms with Gasteiger partial charge < -0.3 is 5.32 Å². The summed E-state index contributed by atoms with van der Waals surface area (Å²) in [6.07, 6.45) is 1.64. The van der Waals surface area contributed by atoms with Gasteiger partial charge in [-0.15, -0.1) is 0 Å². The predicted molar refractivity (Wildman–Crippen MR) is 71.6 cm³/mol. The van der Waals surface area contributed by atoms with Gasteiger partial charge in [0.25, 0.3) is 0 Å². The molecule has 0 fully saturated rings. The molecule has 1 aromatic rings. The second-order valence-electron chi connectivity index (χ2n) is 4.86. The smallest absolute Gasteiger partial charge is 0.244 e. The number of nitrogens with one attached hydrogen (secondary N) is 1. The van der Waals surface area contributed by atoms with Gasteiger partial charge in [0.1, 0.15) is 0 Å². The lowest BCUT2D eigenvalue weighted by molar-refractivity contribution is -0.117. The van der Waals surface area contributed by atoms with Gasteiger partial charge in [-0.05, 0) is 25.3 Å². The molecule has 0 heterocycles. The Labute approximate surface area is 104 Å². The summed E-state index contributed by atoms with van der Waals surface area (Å²) in [6, 6.07) is 10.1. The minimum Gasteiger partial charge on any atom is -0.345 e. The fourth-order valence-corrected chi connectivity index (χ4v) is 1.75. The zero-order valence-electron chi connectivity index (χ0n) is 11.0. The van der Waals surface area contributed by atoms with E-state index in [2.05, 4.69) is 19.2 Å². The van der Waals surface area contributed by atoms with Crippen LogP contribution in [0.1, 0.15) is 39.3 Å². The fourth-order valence-electron chi connectivity index (χ4n) is 1.75. The quantitative estimate of drug-likeness (QED) is 0.790. The molecule has 0 bridgehead atoms. The molecule has 1 unspecified atom stereocenters. The second-order valence-corrected chi connectivity index (χ2v) is 4.86. The number of amides is 1. The SMILES string of the molecule is CC(C)=CC(=O)NC(c1ccccc1)C(C)C. The number of hydrogen-bond acceptors (Lipinski definition) is 1. The van der Waals surface area contributed by atoms with E-state index in [-0.39, 0.29) is 11.9 Å². The van der Waals surface area contributed by atoms with Crippen molar-refractivity contribution in [3.63, 3.8) is 0 Å². The van der Waals surface area contributed by atoms with Crippen molar-refractivity contribution in [2.75, 3.05) is 0 Å². The molecular formula is C15H21NO. The molecule has 0 aliphatic rings. The minimum absolute atomic E-state index is 0.0208. The zero-order valence-corrected chi connectivity index (χ0v) is 11.0. The van der Waals surface area contributed by atoms with Crippen molar-refractivity contribution >= 4 is 5.91 Å². The average molecular weight is 231 g/mol. The van der Waals surface area contributed by atoms with Crippen LogP contribution in [0, 0.1) is 5.92 Å². The Morgan fingerprint density at radius 2 is 1.76 bits per heavy atom. The van der Waals surface area contributed by atoms with E-state index in [4.69, 9.17) is 0 Å². The van der Waals surface area contributed by atoms with Crippen molar-refractivity contribution < 1.29 is 4.79 Å². The van der Waals surface area contributed by atoms with E-state index >= 15 is 0 Å². The van der Waals surface area contributed by atoms with Gasteiger partial charge in [-0.1, -0.05) is 49.8 Å². The highest BCUT2D eigenvalue weighted by molar-refractivity contribution is 5.88. The molecule has 1 amide bonds. The summed E-state index contributed by atoms with van der Waals surface area (Å²) in [7, 11) is 0. The maximum atomic E-state index is 11.8. The molecule has 0 aromatic heterocycles. The van der Waals surface area contributed by atoms with Crippen molar-refractivity contribution in [2.24, 2.45) is 5.92 Å². The first-order valence-electron chi connectivity index (χ1n) is 6.01. The first-order chi connectivity index (χ1) is 8.00. The maximum absolute atomic E-state index is 11.8. The van der Waals surface area contributed by atoms with E-state index < -0.39 is 0 Å². The normalized spacial score (nSPS) is 12.1. The first kappa shape index (κ1) is 13.5. The van der Waals surface area contributed by atoms with Gasteiger partial charge in [-0.25, -0.2) is 0 Å². The second kappa shape index (κ2) is 6.24. The lowest BCUT2D eigenvalue weighted by atomic mass is 9.96. The number of benzene rings is 1. The number of hydrogen-bond donors (Lipinski definition) is 1. The molecule has 0 spiro atoms. The molecule has 17 heavy (non-hydrogen) atoms. The van der Waals surface area contributed by atoms with Crippen LogP contribution in [0.15, 0.2) is 42.0 Å².